The summed E-state index contributed by atoms with van der Waals surface area (Å²) in [5.74, 6) is 0. The van der Waals surface area contributed by atoms with Gasteiger partial charge in [-0.1, -0.05) is 0 Å². The molecular formula is C13H20N2O7. The summed E-state index contributed by atoms with van der Waals surface area (Å²) < 4.78 is 16.9. The average Bonchev–Trinajstić information content (AvgIpc) is 2.80. The molecule has 0 spiro atoms. The van der Waals surface area contributed by atoms with Crippen LogP contribution in [0.2, 0.25) is 0 Å². The summed E-state index contributed by atoms with van der Waals surface area (Å²) in [5, 5.41) is 19.7. The first-order valence-corrected chi connectivity index (χ1v) is 6.86. The molecule has 22 heavy (non-hydrogen) atoms. The minimum atomic E-state index is -1.17. The van der Waals surface area contributed by atoms with E-state index in [1.165, 1.54) is 20.2 Å². The number of H-pyrrole nitrogens is 1. The van der Waals surface area contributed by atoms with E-state index in [-0.39, 0.29) is 13.2 Å². The van der Waals surface area contributed by atoms with Crippen LogP contribution in [0.4, 0.5) is 0 Å². The Balaban J connectivity index is 2.24. The predicted octanol–water partition coefficient (Wildman–Crippen LogP) is -1.87. The number of methoxy groups -OCH3 is 1. The molecule has 1 aromatic heterocycles. The lowest BCUT2D eigenvalue weighted by molar-refractivity contribution is -0.0686. The van der Waals surface area contributed by atoms with E-state index in [0.29, 0.717) is 12.2 Å². The van der Waals surface area contributed by atoms with E-state index in [0.717, 1.165) is 4.57 Å². The number of nitrogens with one attached hydrogen (secondary N) is 1. The van der Waals surface area contributed by atoms with Crippen molar-refractivity contribution in [1.29, 1.82) is 0 Å². The number of aliphatic hydroxyl groups excluding tert-OH is 2. The van der Waals surface area contributed by atoms with Gasteiger partial charge in [0.05, 0.1) is 19.8 Å². The fraction of sp³-hybridized carbons (Fsp3) is 0.692. The number of hydrogen-bond donors (Lipinski definition) is 3. The summed E-state index contributed by atoms with van der Waals surface area (Å²) in [6, 6.07) is 0. The zero-order chi connectivity index (χ0) is 16.3. The maximum atomic E-state index is 11.9. The Bertz CT molecular complexity index is 611. The number of nitrogens with zero attached hydrogens (tertiary/aromatic N) is 1. The Kier molecular flexibility index (Phi) is 5.48. The second kappa shape index (κ2) is 7.16. The first-order valence-electron chi connectivity index (χ1n) is 6.86. The molecule has 2 heterocycles. The quantitative estimate of drug-likeness (QED) is 0.525. The molecular weight excluding hydrogens is 296 g/mol. The molecule has 0 unspecified atom stereocenters. The fourth-order valence-corrected chi connectivity index (χ4v) is 2.34. The second-order valence-corrected chi connectivity index (χ2v) is 5.05. The van der Waals surface area contributed by atoms with Crippen molar-refractivity contribution in [2.45, 2.75) is 31.5 Å². The van der Waals surface area contributed by atoms with E-state index in [9.17, 15) is 19.8 Å². The molecule has 1 aliphatic heterocycles. The molecule has 1 saturated heterocycles. The molecule has 0 radical (unpaired) electrons. The van der Waals surface area contributed by atoms with Crippen molar-refractivity contribution in [3.05, 3.63) is 32.6 Å². The van der Waals surface area contributed by atoms with Crippen LogP contribution in [-0.4, -0.2) is 65.0 Å². The molecule has 0 bridgehead atoms. The van der Waals surface area contributed by atoms with Gasteiger partial charge < -0.3 is 24.4 Å². The van der Waals surface area contributed by atoms with Crippen LogP contribution >= 0.6 is 0 Å². The van der Waals surface area contributed by atoms with Gasteiger partial charge in [0.15, 0.2) is 6.23 Å². The first kappa shape index (κ1) is 16.8. The van der Waals surface area contributed by atoms with E-state index < -0.39 is 35.8 Å². The van der Waals surface area contributed by atoms with Crippen molar-refractivity contribution in [2.75, 3.05) is 26.9 Å². The Hall–Kier alpha value is -1.52. The summed E-state index contributed by atoms with van der Waals surface area (Å²) >= 11 is 0. The third kappa shape index (κ3) is 3.28. The maximum absolute atomic E-state index is 11.9. The highest BCUT2D eigenvalue weighted by molar-refractivity contribution is 5.03. The van der Waals surface area contributed by atoms with Crippen molar-refractivity contribution >= 4 is 0 Å². The number of aliphatic hydroxyl groups is 2. The summed E-state index contributed by atoms with van der Waals surface area (Å²) in [7, 11) is 1.51. The Morgan fingerprint density at radius 3 is 2.77 bits per heavy atom. The van der Waals surface area contributed by atoms with Gasteiger partial charge in [0.25, 0.3) is 5.56 Å². The molecule has 0 aromatic carbocycles. The zero-order valence-electron chi connectivity index (χ0n) is 12.4. The van der Waals surface area contributed by atoms with Crippen molar-refractivity contribution in [2.24, 2.45) is 0 Å². The Labute approximate surface area is 126 Å². The number of ether oxygens (including phenoxy) is 3. The van der Waals surface area contributed by atoms with Crippen molar-refractivity contribution < 1.29 is 24.4 Å². The van der Waals surface area contributed by atoms with E-state index in [2.05, 4.69) is 4.98 Å². The van der Waals surface area contributed by atoms with Crippen molar-refractivity contribution in [1.82, 2.24) is 9.55 Å². The molecule has 3 N–H and O–H groups in total. The topological polar surface area (TPSA) is 123 Å². The third-order valence-electron chi connectivity index (χ3n) is 3.51. The SMILES string of the molecule is COCCO[C@H]1[C@@H](O)[C@H](n2cc(C)c(=O)[nH]c2=O)O[C@@H]1CO. The van der Waals surface area contributed by atoms with Crippen LogP contribution in [0.1, 0.15) is 11.8 Å². The highest BCUT2D eigenvalue weighted by Crippen LogP contribution is 2.30. The number of hydrogen-bond acceptors (Lipinski definition) is 7. The minimum absolute atomic E-state index is 0.213. The Morgan fingerprint density at radius 2 is 2.14 bits per heavy atom. The molecule has 9 nitrogen and oxygen atoms in total. The molecule has 0 aliphatic carbocycles. The highest BCUT2D eigenvalue weighted by atomic mass is 16.6. The van der Waals surface area contributed by atoms with Gasteiger partial charge in [0, 0.05) is 18.9 Å². The smallest absolute Gasteiger partial charge is 0.330 e. The number of aromatic amines is 1. The predicted molar refractivity (Wildman–Crippen MR) is 74.7 cm³/mol. The molecule has 1 aliphatic rings. The lowest BCUT2D eigenvalue weighted by Crippen LogP contribution is -2.40. The normalized spacial score (nSPS) is 28.2. The lowest BCUT2D eigenvalue weighted by Gasteiger charge is -2.20. The molecule has 4 atom stereocenters. The number of aryl methyl sites for hydroxylation is 1. The van der Waals surface area contributed by atoms with Crippen LogP contribution in [-0.2, 0) is 14.2 Å². The molecule has 2 rings (SSSR count). The first-order chi connectivity index (χ1) is 10.5. The van der Waals surface area contributed by atoms with Gasteiger partial charge >= 0.3 is 5.69 Å². The van der Waals surface area contributed by atoms with Gasteiger partial charge in [-0.3, -0.25) is 14.3 Å². The maximum Gasteiger partial charge on any atom is 0.330 e. The fourth-order valence-electron chi connectivity index (χ4n) is 2.34. The second-order valence-electron chi connectivity index (χ2n) is 5.05. The lowest BCUT2D eigenvalue weighted by atomic mass is 10.1. The number of aromatic nitrogens is 2. The van der Waals surface area contributed by atoms with Gasteiger partial charge in [-0.2, -0.15) is 0 Å². The van der Waals surface area contributed by atoms with Gasteiger partial charge in [0.2, 0.25) is 0 Å². The summed E-state index contributed by atoms with van der Waals surface area (Å²) in [6.07, 6.45) is -2.49. The molecule has 0 saturated carbocycles. The minimum Gasteiger partial charge on any atom is -0.394 e. The highest BCUT2D eigenvalue weighted by Gasteiger charge is 2.45. The molecule has 9 heteroatoms. The van der Waals surface area contributed by atoms with Crippen LogP contribution in [0.25, 0.3) is 0 Å². The van der Waals surface area contributed by atoms with Gasteiger partial charge in [-0.15, -0.1) is 0 Å². The van der Waals surface area contributed by atoms with Crippen LogP contribution in [0, 0.1) is 6.92 Å². The largest absolute Gasteiger partial charge is 0.394 e. The molecule has 124 valence electrons. The van der Waals surface area contributed by atoms with E-state index in [1.807, 2.05) is 0 Å². The van der Waals surface area contributed by atoms with Crippen molar-refractivity contribution in [3.8, 4) is 0 Å². The molecule has 1 fully saturated rings. The van der Waals surface area contributed by atoms with Gasteiger partial charge in [-0.25, -0.2) is 4.79 Å². The summed E-state index contributed by atoms with van der Waals surface area (Å²) in [6.45, 7) is 1.70. The summed E-state index contributed by atoms with van der Waals surface area (Å²) in [5.41, 5.74) is -0.895. The van der Waals surface area contributed by atoms with Crippen LogP contribution in [0.3, 0.4) is 0 Å². The Morgan fingerprint density at radius 1 is 1.41 bits per heavy atom. The van der Waals surface area contributed by atoms with Gasteiger partial charge in [0.1, 0.15) is 18.3 Å². The van der Waals surface area contributed by atoms with Gasteiger partial charge in [-0.05, 0) is 6.92 Å². The molecule has 0 amide bonds. The van der Waals surface area contributed by atoms with Crippen molar-refractivity contribution in [3.63, 3.8) is 0 Å². The monoisotopic (exact) mass is 316 g/mol. The van der Waals surface area contributed by atoms with E-state index in [4.69, 9.17) is 14.2 Å². The standard InChI is InChI=1S/C13H20N2O7/c1-7-5-15(13(19)14-11(7)18)12-9(17)10(8(6-16)22-12)21-4-3-20-2/h5,8-10,12,16-17H,3-4,6H2,1-2H3,(H,14,18,19)/t8-,9-,10-,12-/m1/s1. The summed E-state index contributed by atoms with van der Waals surface area (Å²) in [4.78, 5) is 25.4. The van der Waals surface area contributed by atoms with Crippen LogP contribution in [0.5, 0.6) is 0 Å². The zero-order valence-corrected chi connectivity index (χ0v) is 12.4. The molecule has 1 aromatic rings. The van der Waals surface area contributed by atoms with Crippen LogP contribution < -0.4 is 11.2 Å². The van der Waals surface area contributed by atoms with E-state index >= 15 is 0 Å². The average molecular weight is 316 g/mol. The number of rotatable bonds is 6. The third-order valence-corrected chi connectivity index (χ3v) is 3.51. The van der Waals surface area contributed by atoms with E-state index in [1.54, 1.807) is 0 Å². The van der Waals surface area contributed by atoms with Crippen LogP contribution in [0.15, 0.2) is 15.8 Å².